The summed E-state index contributed by atoms with van der Waals surface area (Å²) in [5, 5.41) is 1.17. The lowest BCUT2D eigenvalue weighted by Gasteiger charge is -2.01. The third-order valence-corrected chi connectivity index (χ3v) is 3.71. The standard InChI is InChI=1S/C13H12N4S/c1-17(2)8-16-13-12-11(14-7-15-13)9-5-3-4-6-10(9)18-12/h3-8H,1-2H3. The molecule has 0 fully saturated rings. The Hall–Kier alpha value is -2.01. The third-order valence-electron chi connectivity index (χ3n) is 2.55. The third kappa shape index (κ3) is 1.82. The van der Waals surface area contributed by atoms with E-state index in [9.17, 15) is 0 Å². The van der Waals surface area contributed by atoms with Crippen LogP contribution in [0.3, 0.4) is 0 Å². The van der Waals surface area contributed by atoms with Crippen LogP contribution in [0, 0.1) is 0 Å². The van der Waals surface area contributed by atoms with E-state index in [4.69, 9.17) is 0 Å². The van der Waals surface area contributed by atoms with E-state index in [0.29, 0.717) is 0 Å². The van der Waals surface area contributed by atoms with Crippen molar-refractivity contribution in [3.63, 3.8) is 0 Å². The first-order valence-electron chi connectivity index (χ1n) is 5.58. The number of aromatic nitrogens is 2. The first kappa shape index (κ1) is 11.1. The molecule has 0 spiro atoms. The van der Waals surface area contributed by atoms with Gasteiger partial charge in [-0.1, -0.05) is 18.2 Å². The Kier molecular flexibility index (Phi) is 2.68. The summed E-state index contributed by atoms with van der Waals surface area (Å²) in [6, 6.07) is 8.25. The largest absolute Gasteiger partial charge is 0.369 e. The van der Waals surface area contributed by atoms with Gasteiger partial charge in [0, 0.05) is 24.2 Å². The molecule has 0 atom stereocenters. The fourth-order valence-electron chi connectivity index (χ4n) is 1.77. The van der Waals surface area contributed by atoms with Gasteiger partial charge in [0.2, 0.25) is 0 Å². The monoisotopic (exact) mass is 256 g/mol. The van der Waals surface area contributed by atoms with Crippen LogP contribution in [0.2, 0.25) is 0 Å². The van der Waals surface area contributed by atoms with Gasteiger partial charge in [0.25, 0.3) is 0 Å². The van der Waals surface area contributed by atoms with Crippen LogP contribution in [-0.2, 0) is 0 Å². The fraction of sp³-hybridized carbons (Fsp3) is 0.154. The summed E-state index contributed by atoms with van der Waals surface area (Å²) in [5.41, 5.74) is 0.983. The minimum atomic E-state index is 0.731. The Bertz CT molecular complexity index is 730. The molecule has 0 aliphatic carbocycles. The number of aliphatic imine (C=N–C) groups is 1. The number of thiophene rings is 1. The van der Waals surface area contributed by atoms with Crippen LogP contribution in [0.15, 0.2) is 35.6 Å². The Balaban J connectivity index is 2.27. The van der Waals surface area contributed by atoms with Crippen molar-refractivity contribution in [1.29, 1.82) is 0 Å². The highest BCUT2D eigenvalue weighted by molar-refractivity contribution is 7.26. The molecule has 18 heavy (non-hydrogen) atoms. The van der Waals surface area contributed by atoms with Crippen molar-refractivity contribution in [2.75, 3.05) is 14.1 Å². The van der Waals surface area contributed by atoms with Gasteiger partial charge in [-0.15, -0.1) is 11.3 Å². The fourth-order valence-corrected chi connectivity index (χ4v) is 2.87. The molecule has 3 rings (SSSR count). The molecule has 2 heterocycles. The van der Waals surface area contributed by atoms with Crippen LogP contribution in [-0.4, -0.2) is 35.3 Å². The van der Waals surface area contributed by atoms with Gasteiger partial charge in [0.1, 0.15) is 6.33 Å². The van der Waals surface area contributed by atoms with Gasteiger partial charge < -0.3 is 4.90 Å². The molecule has 90 valence electrons. The number of hydrogen-bond donors (Lipinski definition) is 0. The van der Waals surface area contributed by atoms with E-state index in [-0.39, 0.29) is 0 Å². The summed E-state index contributed by atoms with van der Waals surface area (Å²) in [6.07, 6.45) is 3.33. The van der Waals surface area contributed by atoms with Crippen LogP contribution >= 0.6 is 11.3 Å². The topological polar surface area (TPSA) is 41.4 Å². The molecule has 0 amide bonds. The molecule has 0 bridgehead atoms. The van der Waals surface area contributed by atoms with Crippen molar-refractivity contribution >= 4 is 43.8 Å². The number of benzene rings is 1. The Morgan fingerprint density at radius 2 is 2.06 bits per heavy atom. The van der Waals surface area contributed by atoms with E-state index in [0.717, 1.165) is 16.0 Å². The second-order valence-electron chi connectivity index (χ2n) is 4.18. The maximum atomic E-state index is 4.39. The summed E-state index contributed by atoms with van der Waals surface area (Å²) < 4.78 is 2.26. The molecule has 0 aliphatic rings. The first-order chi connectivity index (χ1) is 8.75. The normalized spacial score (nSPS) is 11.7. The maximum Gasteiger partial charge on any atom is 0.174 e. The van der Waals surface area contributed by atoms with Crippen LogP contribution in [0.4, 0.5) is 5.82 Å². The van der Waals surface area contributed by atoms with Crippen LogP contribution in [0.1, 0.15) is 0 Å². The average molecular weight is 256 g/mol. The van der Waals surface area contributed by atoms with Crippen LogP contribution < -0.4 is 0 Å². The van der Waals surface area contributed by atoms with Crippen molar-refractivity contribution in [3.8, 4) is 0 Å². The zero-order chi connectivity index (χ0) is 12.5. The van der Waals surface area contributed by atoms with Crippen molar-refractivity contribution < 1.29 is 0 Å². The molecule has 1 aromatic carbocycles. The minimum Gasteiger partial charge on any atom is -0.369 e. The first-order valence-corrected chi connectivity index (χ1v) is 6.40. The van der Waals surface area contributed by atoms with Gasteiger partial charge in [-0.2, -0.15) is 0 Å². The number of rotatable bonds is 2. The summed E-state index contributed by atoms with van der Waals surface area (Å²) >= 11 is 1.68. The molecule has 0 aliphatic heterocycles. The van der Waals surface area contributed by atoms with Gasteiger partial charge in [0.05, 0.1) is 16.6 Å². The molecule has 0 unspecified atom stereocenters. The second-order valence-corrected chi connectivity index (χ2v) is 5.23. The van der Waals surface area contributed by atoms with Crippen LogP contribution in [0.5, 0.6) is 0 Å². The molecule has 2 aromatic heterocycles. The molecular weight excluding hydrogens is 244 g/mol. The van der Waals surface area contributed by atoms with Crippen LogP contribution in [0.25, 0.3) is 20.3 Å². The van der Waals surface area contributed by atoms with E-state index in [1.165, 1.54) is 10.1 Å². The van der Waals surface area contributed by atoms with E-state index in [1.54, 1.807) is 24.0 Å². The van der Waals surface area contributed by atoms with Gasteiger partial charge in [-0.25, -0.2) is 15.0 Å². The zero-order valence-corrected chi connectivity index (χ0v) is 11.0. The SMILES string of the molecule is CN(C)C=Nc1ncnc2c1sc1ccccc12. The highest BCUT2D eigenvalue weighted by Gasteiger charge is 2.09. The van der Waals surface area contributed by atoms with Crippen molar-refractivity contribution in [3.05, 3.63) is 30.6 Å². The van der Waals surface area contributed by atoms with Gasteiger partial charge in [0.15, 0.2) is 5.82 Å². The lowest BCUT2D eigenvalue weighted by atomic mass is 10.2. The van der Waals surface area contributed by atoms with Crippen molar-refractivity contribution in [2.24, 2.45) is 4.99 Å². The quantitative estimate of drug-likeness (QED) is 0.522. The number of nitrogens with zero attached hydrogens (tertiary/aromatic N) is 4. The van der Waals surface area contributed by atoms with Gasteiger partial charge in [-0.05, 0) is 6.07 Å². The molecular formula is C13H12N4S. The molecule has 5 heteroatoms. The Morgan fingerprint density at radius 3 is 2.89 bits per heavy atom. The van der Waals surface area contributed by atoms with Gasteiger partial charge >= 0.3 is 0 Å². The molecule has 4 nitrogen and oxygen atoms in total. The average Bonchev–Trinajstić information content (AvgIpc) is 2.75. The summed E-state index contributed by atoms with van der Waals surface area (Å²) in [5.74, 6) is 0.731. The lowest BCUT2D eigenvalue weighted by Crippen LogP contribution is -2.07. The van der Waals surface area contributed by atoms with E-state index in [1.807, 2.05) is 31.1 Å². The lowest BCUT2D eigenvalue weighted by molar-refractivity contribution is 0.643. The smallest absolute Gasteiger partial charge is 0.174 e. The molecule has 0 saturated carbocycles. The highest BCUT2D eigenvalue weighted by atomic mass is 32.1. The second kappa shape index (κ2) is 4.34. The van der Waals surface area contributed by atoms with Crippen molar-refractivity contribution in [2.45, 2.75) is 0 Å². The Labute approximate surface area is 109 Å². The molecule has 0 N–H and O–H groups in total. The predicted octanol–water partition coefficient (Wildman–Crippen LogP) is 3.07. The summed E-state index contributed by atoms with van der Waals surface area (Å²) in [7, 11) is 3.87. The summed E-state index contributed by atoms with van der Waals surface area (Å²) in [4.78, 5) is 14.9. The van der Waals surface area contributed by atoms with E-state index >= 15 is 0 Å². The molecule has 0 radical (unpaired) electrons. The highest BCUT2D eigenvalue weighted by Crippen LogP contribution is 2.36. The van der Waals surface area contributed by atoms with E-state index < -0.39 is 0 Å². The number of hydrogen-bond acceptors (Lipinski definition) is 4. The molecule has 0 saturated heterocycles. The van der Waals surface area contributed by atoms with E-state index in [2.05, 4.69) is 27.1 Å². The predicted molar refractivity (Wildman–Crippen MR) is 76.8 cm³/mol. The minimum absolute atomic E-state index is 0.731. The molecule has 3 aromatic rings. The Morgan fingerprint density at radius 1 is 1.22 bits per heavy atom. The van der Waals surface area contributed by atoms with Gasteiger partial charge in [-0.3, -0.25) is 0 Å². The summed E-state index contributed by atoms with van der Waals surface area (Å²) in [6.45, 7) is 0. The van der Waals surface area contributed by atoms with Crippen molar-refractivity contribution in [1.82, 2.24) is 14.9 Å². The number of fused-ring (bicyclic) bond motifs is 3. The maximum absolute atomic E-state index is 4.39. The zero-order valence-electron chi connectivity index (χ0n) is 10.2.